The first-order valence-corrected chi connectivity index (χ1v) is 9.22. The number of anilines is 1. The molecular formula is C19H19FN4S. The first kappa shape index (κ1) is 16.2. The first-order chi connectivity index (χ1) is 12.2. The summed E-state index contributed by atoms with van der Waals surface area (Å²) >= 11 is 1.64. The van der Waals surface area contributed by atoms with Crippen molar-refractivity contribution >= 4 is 17.2 Å². The normalized spacial score (nSPS) is 15.4. The molecule has 128 valence electrons. The summed E-state index contributed by atoms with van der Waals surface area (Å²) in [6.45, 7) is 1.99. The lowest BCUT2D eigenvalue weighted by Crippen LogP contribution is -2.26. The highest BCUT2D eigenvalue weighted by Crippen LogP contribution is 2.41. The van der Waals surface area contributed by atoms with Crippen LogP contribution in [0.3, 0.4) is 0 Å². The van der Waals surface area contributed by atoms with Crippen LogP contribution in [0, 0.1) is 5.82 Å². The smallest absolute Gasteiger partial charge is 0.132 e. The van der Waals surface area contributed by atoms with Crippen LogP contribution >= 0.6 is 11.3 Å². The molecule has 0 unspecified atom stereocenters. The molecule has 1 aliphatic heterocycles. The molecule has 0 bridgehead atoms. The summed E-state index contributed by atoms with van der Waals surface area (Å²) in [5.41, 5.74) is 8.02. The van der Waals surface area contributed by atoms with Crippen molar-refractivity contribution < 1.29 is 4.39 Å². The van der Waals surface area contributed by atoms with Crippen LogP contribution in [0.1, 0.15) is 23.8 Å². The molecule has 1 fully saturated rings. The number of nitrogens with one attached hydrogen (secondary N) is 1. The minimum atomic E-state index is -0.257. The van der Waals surface area contributed by atoms with E-state index in [-0.39, 0.29) is 5.82 Å². The summed E-state index contributed by atoms with van der Waals surface area (Å²) in [7, 11) is 0. The van der Waals surface area contributed by atoms with E-state index in [0.717, 1.165) is 41.4 Å². The molecule has 0 saturated carbocycles. The van der Waals surface area contributed by atoms with Gasteiger partial charge in [-0.1, -0.05) is 12.1 Å². The number of nitrogen functional groups attached to an aromatic ring is 1. The molecule has 1 saturated heterocycles. The molecule has 3 N–H and O–H groups in total. The van der Waals surface area contributed by atoms with Crippen LogP contribution in [-0.4, -0.2) is 23.1 Å². The summed E-state index contributed by atoms with van der Waals surface area (Å²) in [5, 5.41) is 4.45. The van der Waals surface area contributed by atoms with E-state index in [0.29, 0.717) is 23.0 Å². The SMILES string of the molecule is Nc1cc(-c2sc(C3CCNCC3)nc2-c2ccccc2F)ccn1. The quantitative estimate of drug-likeness (QED) is 0.744. The standard InChI is InChI=1S/C19H19FN4S/c20-15-4-2-1-3-14(15)17-18(13-7-10-23-16(21)11-13)25-19(24-17)12-5-8-22-9-6-12/h1-4,7,10-12,22H,5-6,8-9H2,(H2,21,23). The van der Waals surface area contributed by atoms with Crippen LogP contribution in [0.4, 0.5) is 10.2 Å². The third-order valence-corrected chi connectivity index (χ3v) is 5.77. The van der Waals surface area contributed by atoms with Gasteiger partial charge in [-0.2, -0.15) is 0 Å². The summed E-state index contributed by atoms with van der Waals surface area (Å²) in [5.74, 6) is 0.617. The van der Waals surface area contributed by atoms with Crippen LogP contribution in [-0.2, 0) is 0 Å². The first-order valence-electron chi connectivity index (χ1n) is 8.40. The minimum Gasteiger partial charge on any atom is -0.384 e. The maximum absolute atomic E-state index is 14.4. The van der Waals surface area contributed by atoms with E-state index < -0.39 is 0 Å². The third-order valence-electron chi connectivity index (χ3n) is 4.50. The van der Waals surface area contributed by atoms with Crippen LogP contribution in [0.25, 0.3) is 21.7 Å². The second-order valence-corrected chi connectivity index (χ2v) is 7.23. The van der Waals surface area contributed by atoms with Gasteiger partial charge in [0, 0.05) is 17.7 Å². The van der Waals surface area contributed by atoms with Crippen LogP contribution in [0.2, 0.25) is 0 Å². The van der Waals surface area contributed by atoms with E-state index in [9.17, 15) is 4.39 Å². The van der Waals surface area contributed by atoms with Crippen LogP contribution in [0.15, 0.2) is 42.6 Å². The van der Waals surface area contributed by atoms with E-state index in [2.05, 4.69) is 10.3 Å². The Morgan fingerprint density at radius 3 is 2.72 bits per heavy atom. The Hall–Kier alpha value is -2.31. The van der Waals surface area contributed by atoms with Crippen molar-refractivity contribution in [1.29, 1.82) is 0 Å². The molecule has 1 aliphatic rings. The molecule has 4 nitrogen and oxygen atoms in total. The molecule has 1 aromatic carbocycles. The van der Waals surface area contributed by atoms with Crippen molar-refractivity contribution in [3.63, 3.8) is 0 Å². The van der Waals surface area contributed by atoms with E-state index in [4.69, 9.17) is 10.7 Å². The number of hydrogen-bond acceptors (Lipinski definition) is 5. The molecular weight excluding hydrogens is 335 g/mol. The Morgan fingerprint density at radius 1 is 1.16 bits per heavy atom. The molecule has 0 spiro atoms. The van der Waals surface area contributed by atoms with Crippen molar-refractivity contribution in [2.45, 2.75) is 18.8 Å². The lowest BCUT2D eigenvalue weighted by Gasteiger charge is -2.20. The molecule has 0 radical (unpaired) electrons. The molecule has 0 atom stereocenters. The highest BCUT2D eigenvalue weighted by molar-refractivity contribution is 7.15. The third kappa shape index (κ3) is 3.27. The van der Waals surface area contributed by atoms with Gasteiger partial charge in [0.2, 0.25) is 0 Å². The van der Waals surface area contributed by atoms with Crippen LogP contribution < -0.4 is 11.1 Å². The summed E-state index contributed by atoms with van der Waals surface area (Å²) in [4.78, 5) is 9.87. The Morgan fingerprint density at radius 2 is 1.96 bits per heavy atom. The molecule has 0 aliphatic carbocycles. The molecule has 3 heterocycles. The molecule has 0 amide bonds. The highest BCUT2D eigenvalue weighted by atomic mass is 32.1. The fourth-order valence-corrected chi connectivity index (χ4v) is 4.45. The lowest BCUT2D eigenvalue weighted by molar-refractivity contribution is 0.459. The van der Waals surface area contributed by atoms with Crippen molar-refractivity contribution in [3.8, 4) is 21.7 Å². The Balaban J connectivity index is 1.85. The monoisotopic (exact) mass is 354 g/mol. The zero-order valence-corrected chi connectivity index (χ0v) is 14.5. The Labute approximate surface area is 149 Å². The maximum Gasteiger partial charge on any atom is 0.132 e. The number of benzene rings is 1. The van der Waals surface area contributed by atoms with Gasteiger partial charge in [-0.15, -0.1) is 11.3 Å². The average molecular weight is 354 g/mol. The van der Waals surface area contributed by atoms with E-state index >= 15 is 0 Å². The van der Waals surface area contributed by atoms with E-state index in [1.807, 2.05) is 18.2 Å². The van der Waals surface area contributed by atoms with Crippen LogP contribution in [0.5, 0.6) is 0 Å². The van der Waals surface area contributed by atoms with Gasteiger partial charge in [0.25, 0.3) is 0 Å². The number of piperidine rings is 1. The van der Waals surface area contributed by atoms with Crippen molar-refractivity contribution in [3.05, 3.63) is 53.4 Å². The van der Waals surface area contributed by atoms with Gasteiger partial charge in [-0.3, -0.25) is 0 Å². The molecule has 6 heteroatoms. The van der Waals surface area contributed by atoms with E-state index in [1.165, 1.54) is 6.07 Å². The largest absolute Gasteiger partial charge is 0.384 e. The number of thiazole rings is 1. The average Bonchev–Trinajstić information content (AvgIpc) is 3.08. The Bertz CT molecular complexity index is 887. The zero-order chi connectivity index (χ0) is 17.2. The summed E-state index contributed by atoms with van der Waals surface area (Å²) < 4.78 is 14.4. The van der Waals surface area contributed by atoms with Gasteiger partial charge in [0.05, 0.1) is 15.6 Å². The van der Waals surface area contributed by atoms with Gasteiger partial charge in [0.15, 0.2) is 0 Å². The second-order valence-electron chi connectivity index (χ2n) is 6.20. The van der Waals surface area contributed by atoms with Gasteiger partial charge in [-0.05, 0) is 55.8 Å². The fourth-order valence-electron chi connectivity index (χ4n) is 3.20. The van der Waals surface area contributed by atoms with Crippen molar-refractivity contribution in [1.82, 2.24) is 15.3 Å². The Kier molecular flexibility index (Phi) is 4.46. The van der Waals surface area contributed by atoms with Gasteiger partial charge in [-0.25, -0.2) is 14.4 Å². The van der Waals surface area contributed by atoms with Gasteiger partial charge in [0.1, 0.15) is 11.6 Å². The van der Waals surface area contributed by atoms with Crippen molar-refractivity contribution in [2.24, 2.45) is 0 Å². The summed E-state index contributed by atoms with van der Waals surface area (Å²) in [6.07, 6.45) is 3.80. The van der Waals surface area contributed by atoms with Gasteiger partial charge < -0.3 is 11.1 Å². The van der Waals surface area contributed by atoms with E-state index in [1.54, 1.807) is 29.7 Å². The number of nitrogens with two attached hydrogens (primary N) is 1. The number of hydrogen-bond donors (Lipinski definition) is 2. The zero-order valence-electron chi connectivity index (χ0n) is 13.7. The summed E-state index contributed by atoms with van der Waals surface area (Å²) in [6, 6.07) is 10.5. The number of pyridine rings is 1. The second kappa shape index (κ2) is 6.90. The molecule has 4 rings (SSSR count). The fraction of sp³-hybridized carbons (Fsp3) is 0.263. The van der Waals surface area contributed by atoms with Gasteiger partial charge >= 0.3 is 0 Å². The number of nitrogens with zero attached hydrogens (tertiary/aromatic N) is 2. The predicted octanol–water partition coefficient (Wildman–Crippen LogP) is 4.06. The van der Waals surface area contributed by atoms with Crippen molar-refractivity contribution in [2.75, 3.05) is 18.8 Å². The number of rotatable bonds is 3. The molecule has 25 heavy (non-hydrogen) atoms. The topological polar surface area (TPSA) is 63.8 Å². The molecule has 3 aromatic rings. The number of halogens is 1. The predicted molar refractivity (Wildman–Crippen MR) is 100.0 cm³/mol. The molecule has 2 aromatic heterocycles. The lowest BCUT2D eigenvalue weighted by atomic mass is 9.99. The maximum atomic E-state index is 14.4. The highest BCUT2D eigenvalue weighted by Gasteiger charge is 2.23. The minimum absolute atomic E-state index is 0.257. The number of aromatic nitrogens is 2.